The van der Waals surface area contributed by atoms with Crippen LogP contribution >= 0.6 is 15.9 Å². The van der Waals surface area contributed by atoms with Gasteiger partial charge in [-0.25, -0.2) is 9.78 Å². The van der Waals surface area contributed by atoms with Crippen LogP contribution in [0.4, 0.5) is 4.79 Å². The number of piperidine rings is 1. The molecule has 0 spiro atoms. The second-order valence-corrected chi connectivity index (χ2v) is 7.39. The van der Waals surface area contributed by atoms with Gasteiger partial charge in [0.2, 0.25) is 5.91 Å². The molecule has 2 fully saturated rings. The highest BCUT2D eigenvalue weighted by molar-refractivity contribution is 9.10. The predicted molar refractivity (Wildman–Crippen MR) is 86.6 cm³/mol. The van der Waals surface area contributed by atoms with Gasteiger partial charge in [-0.15, -0.1) is 0 Å². The predicted octanol–water partition coefficient (Wildman–Crippen LogP) is 2.21. The number of carbonyl (C=O) groups excluding carboxylic acids is 2. The molecule has 0 bridgehead atoms. The number of ether oxygens (including phenoxy) is 1. The molecular weight excluding hydrogens is 364 g/mol. The van der Waals surface area contributed by atoms with Crippen molar-refractivity contribution in [1.82, 2.24) is 20.2 Å². The number of hydrogen-bond donors (Lipinski definition) is 2. The summed E-state index contributed by atoms with van der Waals surface area (Å²) in [6.07, 6.45) is 3.07. The minimum Gasteiger partial charge on any atom is -0.453 e. The number of nitrogens with one attached hydrogen (secondary N) is 2. The van der Waals surface area contributed by atoms with E-state index in [0.29, 0.717) is 5.92 Å². The van der Waals surface area contributed by atoms with Crippen molar-refractivity contribution in [3.63, 3.8) is 0 Å². The van der Waals surface area contributed by atoms with Crippen LogP contribution in [0, 0.1) is 11.8 Å². The van der Waals surface area contributed by atoms with Gasteiger partial charge in [-0.3, -0.25) is 4.79 Å². The number of imidazole rings is 1. The SMILES string of the molecule is COC(=O)NC(C(=O)N1[C@@H]2CC2C[C@H]1c1ncc(Br)[nH]1)C(C)C. The third kappa shape index (κ3) is 3.08. The van der Waals surface area contributed by atoms with Gasteiger partial charge in [-0.05, 0) is 40.6 Å². The van der Waals surface area contributed by atoms with Gasteiger partial charge in [-0.1, -0.05) is 13.8 Å². The lowest BCUT2D eigenvalue weighted by Gasteiger charge is -2.31. The van der Waals surface area contributed by atoms with E-state index in [-0.39, 0.29) is 23.9 Å². The lowest BCUT2D eigenvalue weighted by atomic mass is 10.0. The number of nitrogens with zero attached hydrogens (tertiary/aromatic N) is 2. The summed E-state index contributed by atoms with van der Waals surface area (Å²) in [6.45, 7) is 3.83. The monoisotopic (exact) mass is 384 g/mol. The number of likely N-dealkylation sites (tertiary alicyclic amines) is 1. The van der Waals surface area contributed by atoms with Crippen LogP contribution in [0.5, 0.6) is 0 Å². The first kappa shape index (κ1) is 16.3. The van der Waals surface area contributed by atoms with Crippen LogP contribution in [-0.2, 0) is 9.53 Å². The van der Waals surface area contributed by atoms with Crippen LogP contribution in [0.3, 0.4) is 0 Å². The molecule has 1 saturated carbocycles. The van der Waals surface area contributed by atoms with Gasteiger partial charge in [0.25, 0.3) is 0 Å². The molecule has 0 aromatic carbocycles. The fourth-order valence-corrected chi connectivity index (χ4v) is 3.67. The van der Waals surface area contributed by atoms with Gasteiger partial charge < -0.3 is 19.9 Å². The molecular formula is C15H21BrN4O3. The number of aromatic nitrogens is 2. The molecule has 1 aliphatic heterocycles. The van der Waals surface area contributed by atoms with E-state index < -0.39 is 12.1 Å². The molecule has 1 aromatic heterocycles. The molecule has 4 atom stereocenters. The first-order valence-electron chi connectivity index (χ1n) is 7.79. The van der Waals surface area contributed by atoms with Crippen LogP contribution in [-0.4, -0.2) is 46.1 Å². The second-order valence-electron chi connectivity index (χ2n) is 6.53. The quantitative estimate of drug-likeness (QED) is 0.832. The van der Waals surface area contributed by atoms with Crippen molar-refractivity contribution in [2.75, 3.05) is 7.11 Å². The highest BCUT2D eigenvalue weighted by atomic mass is 79.9. The van der Waals surface area contributed by atoms with E-state index in [1.165, 1.54) is 7.11 Å². The van der Waals surface area contributed by atoms with Crippen molar-refractivity contribution < 1.29 is 14.3 Å². The van der Waals surface area contributed by atoms with E-state index in [4.69, 9.17) is 0 Å². The first-order valence-corrected chi connectivity index (χ1v) is 8.58. The van der Waals surface area contributed by atoms with Crippen LogP contribution in [0.15, 0.2) is 10.8 Å². The lowest BCUT2D eigenvalue weighted by Crippen LogP contribution is -2.52. The fourth-order valence-electron chi connectivity index (χ4n) is 3.36. The number of amides is 2. The third-order valence-corrected chi connectivity index (χ3v) is 5.03. The van der Waals surface area contributed by atoms with Gasteiger partial charge in [0.1, 0.15) is 16.5 Å². The van der Waals surface area contributed by atoms with Crippen LogP contribution in [0.25, 0.3) is 0 Å². The molecule has 1 aromatic rings. The Balaban J connectivity index is 1.81. The summed E-state index contributed by atoms with van der Waals surface area (Å²) in [7, 11) is 1.30. The summed E-state index contributed by atoms with van der Waals surface area (Å²) < 4.78 is 5.45. The van der Waals surface area contributed by atoms with Crippen molar-refractivity contribution in [3.05, 3.63) is 16.6 Å². The molecule has 8 heteroatoms. The third-order valence-electron chi connectivity index (χ3n) is 4.63. The standard InChI is InChI=1S/C15H21BrN4O3/c1-7(2)12(19-15(22)23-3)14(21)20-9-4-8(9)5-10(20)13-17-6-11(16)18-13/h6-10,12H,4-5H2,1-3H3,(H,17,18)(H,19,22)/t8?,9-,10+,12?/m1/s1. The zero-order chi connectivity index (χ0) is 16.7. The molecule has 126 valence electrons. The molecule has 2 unspecified atom stereocenters. The Morgan fingerprint density at radius 1 is 1.48 bits per heavy atom. The molecule has 2 aliphatic rings. The summed E-state index contributed by atoms with van der Waals surface area (Å²) in [6, 6.07) is -0.391. The number of fused-ring (bicyclic) bond motifs is 1. The van der Waals surface area contributed by atoms with Crippen LogP contribution in [0.2, 0.25) is 0 Å². The number of methoxy groups -OCH3 is 1. The van der Waals surface area contributed by atoms with E-state index in [0.717, 1.165) is 23.3 Å². The number of H-pyrrole nitrogens is 1. The zero-order valence-electron chi connectivity index (χ0n) is 13.4. The van der Waals surface area contributed by atoms with Crippen LogP contribution < -0.4 is 5.32 Å². The largest absolute Gasteiger partial charge is 0.453 e. The van der Waals surface area contributed by atoms with E-state index in [1.54, 1.807) is 6.20 Å². The Bertz CT molecular complexity index is 618. The molecule has 2 amide bonds. The first-order chi connectivity index (χ1) is 10.9. The summed E-state index contributed by atoms with van der Waals surface area (Å²) in [4.78, 5) is 34.1. The van der Waals surface area contributed by atoms with Crippen molar-refractivity contribution in [3.8, 4) is 0 Å². The average Bonchev–Trinajstić information content (AvgIpc) is 2.96. The van der Waals surface area contributed by atoms with Crippen molar-refractivity contribution in [2.24, 2.45) is 11.8 Å². The zero-order valence-corrected chi connectivity index (χ0v) is 15.0. The topological polar surface area (TPSA) is 87.3 Å². The number of carbonyl (C=O) groups is 2. The summed E-state index contributed by atoms with van der Waals surface area (Å²) in [5.74, 6) is 1.24. The summed E-state index contributed by atoms with van der Waals surface area (Å²) >= 11 is 3.36. The lowest BCUT2D eigenvalue weighted by molar-refractivity contribution is -0.136. The minimum absolute atomic E-state index is 0.0246. The molecule has 1 aliphatic carbocycles. The van der Waals surface area contributed by atoms with Gasteiger partial charge in [0.15, 0.2) is 0 Å². The Morgan fingerprint density at radius 3 is 2.78 bits per heavy atom. The molecule has 2 N–H and O–H groups in total. The molecule has 3 rings (SSSR count). The van der Waals surface area contributed by atoms with E-state index in [9.17, 15) is 9.59 Å². The maximum atomic E-state index is 13.1. The molecule has 23 heavy (non-hydrogen) atoms. The molecule has 0 radical (unpaired) electrons. The Morgan fingerprint density at radius 2 is 2.22 bits per heavy atom. The van der Waals surface area contributed by atoms with Crippen molar-refractivity contribution >= 4 is 27.9 Å². The average molecular weight is 385 g/mol. The Kier molecular flexibility index (Phi) is 4.35. The van der Waals surface area contributed by atoms with E-state index >= 15 is 0 Å². The minimum atomic E-state index is -0.595. The van der Waals surface area contributed by atoms with Crippen molar-refractivity contribution in [1.29, 1.82) is 0 Å². The van der Waals surface area contributed by atoms with E-state index in [1.807, 2.05) is 18.7 Å². The Hall–Kier alpha value is -1.57. The van der Waals surface area contributed by atoms with Gasteiger partial charge in [0, 0.05) is 6.04 Å². The maximum Gasteiger partial charge on any atom is 0.407 e. The molecule has 7 nitrogen and oxygen atoms in total. The Labute approximate surface area is 143 Å². The second kappa shape index (κ2) is 6.14. The smallest absolute Gasteiger partial charge is 0.407 e. The van der Waals surface area contributed by atoms with E-state index in [2.05, 4.69) is 36.0 Å². The maximum absolute atomic E-state index is 13.1. The van der Waals surface area contributed by atoms with Crippen LogP contribution in [0.1, 0.15) is 38.6 Å². The number of alkyl carbamates (subject to hydrolysis) is 1. The highest BCUT2D eigenvalue weighted by Gasteiger charge is 2.56. The number of hydrogen-bond acceptors (Lipinski definition) is 4. The van der Waals surface area contributed by atoms with Crippen molar-refractivity contribution in [2.45, 2.75) is 44.8 Å². The highest BCUT2D eigenvalue weighted by Crippen LogP contribution is 2.53. The number of halogens is 1. The van der Waals surface area contributed by atoms with Gasteiger partial charge in [-0.2, -0.15) is 0 Å². The van der Waals surface area contributed by atoms with Gasteiger partial charge >= 0.3 is 6.09 Å². The number of aromatic amines is 1. The molecule has 2 heterocycles. The normalized spacial score (nSPS) is 26.8. The molecule has 1 saturated heterocycles. The number of rotatable bonds is 4. The summed E-state index contributed by atoms with van der Waals surface area (Å²) in [5.41, 5.74) is 0. The van der Waals surface area contributed by atoms with Gasteiger partial charge in [0.05, 0.1) is 19.3 Å². The summed E-state index contributed by atoms with van der Waals surface area (Å²) in [5, 5.41) is 2.67. The fraction of sp³-hybridized carbons (Fsp3) is 0.667.